The fourth-order valence-electron chi connectivity index (χ4n) is 1.77. The minimum atomic E-state index is -0.0628. The first kappa shape index (κ1) is 11.9. The standard InChI is InChI=1S/C13H16N2O2/c1-13(8-15-9-13)17-7-10-3-4-12(16-2)11(5-10)6-14/h3-5,15H,7-9H2,1-2H3. The Kier molecular flexibility index (Phi) is 3.32. The van der Waals surface area contributed by atoms with Gasteiger partial charge >= 0.3 is 0 Å². The van der Waals surface area contributed by atoms with Crippen LogP contribution in [0.5, 0.6) is 5.75 Å². The van der Waals surface area contributed by atoms with Gasteiger partial charge in [-0.05, 0) is 24.6 Å². The Hall–Kier alpha value is -1.57. The lowest BCUT2D eigenvalue weighted by Gasteiger charge is -2.39. The molecule has 1 saturated heterocycles. The van der Waals surface area contributed by atoms with Crippen LogP contribution in [0.25, 0.3) is 0 Å². The second-order valence-corrected chi connectivity index (χ2v) is 4.49. The Balaban J connectivity index is 2.04. The quantitative estimate of drug-likeness (QED) is 0.853. The molecular weight excluding hydrogens is 216 g/mol. The molecule has 1 heterocycles. The molecule has 4 nitrogen and oxygen atoms in total. The Morgan fingerprint density at radius 1 is 1.47 bits per heavy atom. The molecule has 0 spiro atoms. The molecule has 0 bridgehead atoms. The third-order valence-electron chi connectivity index (χ3n) is 2.97. The molecule has 4 heteroatoms. The van der Waals surface area contributed by atoms with E-state index in [9.17, 15) is 0 Å². The van der Waals surface area contributed by atoms with E-state index in [0.29, 0.717) is 17.9 Å². The first-order valence-electron chi connectivity index (χ1n) is 5.58. The Labute approximate surface area is 101 Å². The molecule has 1 aliphatic rings. The second kappa shape index (κ2) is 4.74. The summed E-state index contributed by atoms with van der Waals surface area (Å²) in [4.78, 5) is 0. The van der Waals surface area contributed by atoms with Crippen molar-refractivity contribution in [2.45, 2.75) is 19.1 Å². The first-order chi connectivity index (χ1) is 8.17. The SMILES string of the molecule is COc1ccc(COC2(C)CNC2)cc1C#N. The van der Waals surface area contributed by atoms with Crippen LogP contribution in [0.15, 0.2) is 18.2 Å². The minimum Gasteiger partial charge on any atom is -0.495 e. The number of hydrogen-bond donors (Lipinski definition) is 1. The van der Waals surface area contributed by atoms with Gasteiger partial charge < -0.3 is 14.8 Å². The number of hydrogen-bond acceptors (Lipinski definition) is 4. The molecule has 0 radical (unpaired) electrons. The van der Waals surface area contributed by atoms with Gasteiger partial charge in [0.15, 0.2) is 0 Å². The summed E-state index contributed by atoms with van der Waals surface area (Å²) in [6, 6.07) is 7.66. The topological polar surface area (TPSA) is 54.3 Å². The lowest BCUT2D eigenvalue weighted by Crippen LogP contribution is -2.58. The van der Waals surface area contributed by atoms with Crippen molar-refractivity contribution < 1.29 is 9.47 Å². The van der Waals surface area contributed by atoms with Gasteiger partial charge in [-0.15, -0.1) is 0 Å². The molecular formula is C13H16N2O2. The minimum absolute atomic E-state index is 0.0628. The van der Waals surface area contributed by atoms with E-state index in [1.165, 1.54) is 0 Å². The molecule has 2 rings (SSSR count). The van der Waals surface area contributed by atoms with E-state index in [2.05, 4.69) is 18.3 Å². The third-order valence-corrected chi connectivity index (χ3v) is 2.97. The molecule has 0 aromatic heterocycles. The van der Waals surface area contributed by atoms with Gasteiger partial charge in [-0.3, -0.25) is 0 Å². The Bertz CT molecular complexity index is 447. The van der Waals surface area contributed by atoms with Crippen molar-refractivity contribution in [2.24, 2.45) is 0 Å². The molecule has 17 heavy (non-hydrogen) atoms. The summed E-state index contributed by atoms with van der Waals surface area (Å²) in [6.45, 7) is 4.37. The van der Waals surface area contributed by atoms with Crippen LogP contribution in [0, 0.1) is 11.3 Å². The molecule has 1 fully saturated rings. The van der Waals surface area contributed by atoms with Crippen LogP contribution in [0.2, 0.25) is 0 Å². The number of methoxy groups -OCH3 is 1. The predicted octanol–water partition coefficient (Wildman–Crippen LogP) is 1.45. The number of benzene rings is 1. The summed E-state index contributed by atoms with van der Waals surface area (Å²) in [5, 5.41) is 12.2. The van der Waals surface area contributed by atoms with E-state index in [0.717, 1.165) is 18.7 Å². The molecule has 1 aromatic rings. The van der Waals surface area contributed by atoms with E-state index >= 15 is 0 Å². The van der Waals surface area contributed by atoms with Gasteiger partial charge in [0.05, 0.1) is 24.9 Å². The molecule has 1 aromatic carbocycles. The van der Waals surface area contributed by atoms with Crippen LogP contribution in [-0.4, -0.2) is 25.8 Å². The maximum atomic E-state index is 8.98. The average molecular weight is 232 g/mol. The highest BCUT2D eigenvalue weighted by Crippen LogP contribution is 2.22. The van der Waals surface area contributed by atoms with Gasteiger partial charge in [0.25, 0.3) is 0 Å². The zero-order valence-corrected chi connectivity index (χ0v) is 10.1. The highest BCUT2D eigenvalue weighted by molar-refractivity contribution is 5.45. The molecule has 0 unspecified atom stereocenters. The summed E-state index contributed by atoms with van der Waals surface area (Å²) in [6.07, 6.45) is 0. The summed E-state index contributed by atoms with van der Waals surface area (Å²) in [5.74, 6) is 0.604. The summed E-state index contributed by atoms with van der Waals surface area (Å²) in [5.41, 5.74) is 1.48. The fourth-order valence-corrected chi connectivity index (χ4v) is 1.77. The van der Waals surface area contributed by atoms with Crippen molar-refractivity contribution in [2.75, 3.05) is 20.2 Å². The van der Waals surface area contributed by atoms with Crippen molar-refractivity contribution in [1.29, 1.82) is 5.26 Å². The predicted molar refractivity (Wildman–Crippen MR) is 63.8 cm³/mol. The van der Waals surface area contributed by atoms with Gasteiger partial charge in [-0.1, -0.05) is 6.07 Å². The number of nitriles is 1. The summed E-state index contributed by atoms with van der Waals surface area (Å²) in [7, 11) is 1.56. The van der Waals surface area contributed by atoms with Crippen LogP contribution >= 0.6 is 0 Å². The lowest BCUT2D eigenvalue weighted by molar-refractivity contribution is -0.0767. The highest BCUT2D eigenvalue weighted by Gasteiger charge is 2.32. The zero-order valence-electron chi connectivity index (χ0n) is 10.1. The Morgan fingerprint density at radius 3 is 2.76 bits per heavy atom. The molecule has 1 N–H and O–H groups in total. The third kappa shape index (κ3) is 2.57. The van der Waals surface area contributed by atoms with E-state index < -0.39 is 0 Å². The van der Waals surface area contributed by atoms with Gasteiger partial charge in [0.1, 0.15) is 11.8 Å². The van der Waals surface area contributed by atoms with Crippen molar-refractivity contribution >= 4 is 0 Å². The smallest absolute Gasteiger partial charge is 0.136 e. The molecule has 0 amide bonds. The zero-order chi connectivity index (χ0) is 12.3. The summed E-state index contributed by atoms with van der Waals surface area (Å²) >= 11 is 0. The van der Waals surface area contributed by atoms with E-state index in [1.807, 2.05) is 12.1 Å². The van der Waals surface area contributed by atoms with Gasteiger partial charge in [-0.2, -0.15) is 5.26 Å². The number of rotatable bonds is 4. The van der Waals surface area contributed by atoms with Crippen molar-refractivity contribution in [3.63, 3.8) is 0 Å². The van der Waals surface area contributed by atoms with Crippen LogP contribution in [0.4, 0.5) is 0 Å². The summed E-state index contributed by atoms with van der Waals surface area (Å²) < 4.78 is 10.9. The number of nitrogens with one attached hydrogen (secondary N) is 1. The molecule has 0 atom stereocenters. The van der Waals surface area contributed by atoms with Crippen molar-refractivity contribution in [3.8, 4) is 11.8 Å². The van der Waals surface area contributed by atoms with E-state index in [1.54, 1.807) is 13.2 Å². The van der Waals surface area contributed by atoms with Gasteiger partial charge in [-0.25, -0.2) is 0 Å². The molecule has 90 valence electrons. The first-order valence-corrected chi connectivity index (χ1v) is 5.58. The fraction of sp³-hybridized carbons (Fsp3) is 0.462. The maximum absolute atomic E-state index is 8.98. The molecule has 1 aliphatic heterocycles. The second-order valence-electron chi connectivity index (χ2n) is 4.49. The number of nitrogens with zero attached hydrogens (tertiary/aromatic N) is 1. The average Bonchev–Trinajstić information content (AvgIpc) is 2.33. The van der Waals surface area contributed by atoms with Crippen LogP contribution in [0.3, 0.4) is 0 Å². The van der Waals surface area contributed by atoms with Gasteiger partial charge in [0, 0.05) is 13.1 Å². The maximum Gasteiger partial charge on any atom is 0.136 e. The van der Waals surface area contributed by atoms with Crippen molar-refractivity contribution in [1.82, 2.24) is 5.32 Å². The van der Waals surface area contributed by atoms with Crippen LogP contribution in [0.1, 0.15) is 18.1 Å². The van der Waals surface area contributed by atoms with Crippen LogP contribution in [-0.2, 0) is 11.3 Å². The largest absolute Gasteiger partial charge is 0.495 e. The van der Waals surface area contributed by atoms with E-state index in [4.69, 9.17) is 14.7 Å². The highest BCUT2D eigenvalue weighted by atomic mass is 16.5. The monoisotopic (exact) mass is 232 g/mol. The van der Waals surface area contributed by atoms with E-state index in [-0.39, 0.29) is 5.60 Å². The van der Waals surface area contributed by atoms with Gasteiger partial charge in [0.2, 0.25) is 0 Å². The van der Waals surface area contributed by atoms with Crippen molar-refractivity contribution in [3.05, 3.63) is 29.3 Å². The number of ether oxygens (including phenoxy) is 2. The Morgan fingerprint density at radius 2 is 2.24 bits per heavy atom. The molecule has 0 saturated carbocycles. The molecule has 0 aliphatic carbocycles. The normalized spacial score (nSPS) is 17.0. The van der Waals surface area contributed by atoms with Crippen LogP contribution < -0.4 is 10.1 Å². The lowest BCUT2D eigenvalue weighted by atomic mass is 10.00.